The molecule has 1 N–H and O–H groups in total. The van der Waals surface area contributed by atoms with Gasteiger partial charge in [0.2, 0.25) is 0 Å². The van der Waals surface area contributed by atoms with Crippen molar-refractivity contribution < 1.29 is 23.5 Å². The number of nitrogens with one attached hydrogen (secondary N) is 1. The van der Waals surface area contributed by atoms with Gasteiger partial charge in [0.15, 0.2) is 0 Å². The number of ether oxygens (including phenoxy) is 2. The Kier molecular flexibility index (Phi) is 6.83. The Hall–Kier alpha value is -2.83. The lowest BCUT2D eigenvalue weighted by molar-refractivity contribution is -0.134. The second kappa shape index (κ2) is 8.91. The van der Waals surface area contributed by atoms with E-state index >= 15 is 0 Å². The van der Waals surface area contributed by atoms with Crippen LogP contribution in [0.4, 0.5) is 4.79 Å². The molecule has 0 saturated carbocycles. The lowest BCUT2D eigenvalue weighted by atomic mass is 10.0. The number of fused-ring (bicyclic) bond motifs is 1. The Morgan fingerprint density at radius 3 is 2.57 bits per heavy atom. The molecule has 0 aliphatic carbocycles. The normalized spacial score (nSPS) is 11.3. The zero-order valence-corrected chi connectivity index (χ0v) is 17.0. The Balaban J connectivity index is 1.95. The molecule has 152 valence electrons. The molecule has 0 spiro atoms. The van der Waals surface area contributed by atoms with Crippen LogP contribution in [-0.4, -0.2) is 24.2 Å². The van der Waals surface area contributed by atoms with Crippen LogP contribution in [0.15, 0.2) is 27.4 Å². The second-order valence-electron chi connectivity index (χ2n) is 7.52. The zero-order chi connectivity index (χ0) is 20.9. The van der Waals surface area contributed by atoms with Crippen LogP contribution in [0, 0.1) is 6.92 Å². The number of hydrogen-bond acceptors (Lipinski definition) is 6. The fourth-order valence-corrected chi connectivity index (χ4v) is 2.72. The summed E-state index contributed by atoms with van der Waals surface area (Å²) in [5.74, 6) is -0.0727. The number of alkyl carbamates (subject to hydrolysis) is 1. The predicted molar refractivity (Wildman–Crippen MR) is 106 cm³/mol. The molecule has 2 aromatic rings. The Morgan fingerprint density at radius 1 is 1.21 bits per heavy atom. The molecule has 0 unspecified atom stereocenters. The van der Waals surface area contributed by atoms with Crippen LogP contribution in [0.2, 0.25) is 0 Å². The minimum Gasteiger partial charge on any atom is -0.444 e. The van der Waals surface area contributed by atoms with Crippen molar-refractivity contribution in [3.05, 3.63) is 39.7 Å². The first-order chi connectivity index (χ1) is 13.1. The van der Waals surface area contributed by atoms with Crippen LogP contribution < -0.4 is 15.7 Å². The van der Waals surface area contributed by atoms with Crippen molar-refractivity contribution >= 4 is 23.0 Å². The van der Waals surface area contributed by atoms with E-state index in [0.29, 0.717) is 36.3 Å². The molecule has 1 amide bonds. The first kappa shape index (κ1) is 21.5. The fourth-order valence-electron chi connectivity index (χ4n) is 2.72. The first-order valence-corrected chi connectivity index (χ1v) is 9.34. The molecule has 7 nitrogen and oxygen atoms in total. The molecule has 2 rings (SSSR count). The number of benzene rings is 1. The van der Waals surface area contributed by atoms with Gasteiger partial charge in [-0.3, -0.25) is 4.79 Å². The maximum absolute atomic E-state index is 12.1. The molecule has 0 atom stereocenters. The number of aryl methyl sites for hydroxylation is 2. The van der Waals surface area contributed by atoms with Gasteiger partial charge in [0.1, 0.15) is 16.9 Å². The average Bonchev–Trinajstić information content (AvgIpc) is 2.59. The van der Waals surface area contributed by atoms with Gasteiger partial charge in [-0.2, -0.15) is 0 Å². The molecule has 0 radical (unpaired) electrons. The summed E-state index contributed by atoms with van der Waals surface area (Å²) >= 11 is 0. The summed E-state index contributed by atoms with van der Waals surface area (Å²) in [5.41, 5.74) is 0.930. The number of carbonyl (C=O) groups is 2. The van der Waals surface area contributed by atoms with Gasteiger partial charge < -0.3 is 19.2 Å². The molecule has 0 aliphatic rings. The van der Waals surface area contributed by atoms with Crippen molar-refractivity contribution in [1.82, 2.24) is 5.32 Å². The monoisotopic (exact) mass is 389 g/mol. The van der Waals surface area contributed by atoms with E-state index < -0.39 is 23.3 Å². The maximum Gasteiger partial charge on any atom is 0.407 e. The van der Waals surface area contributed by atoms with E-state index in [1.54, 1.807) is 39.8 Å². The molecular weight excluding hydrogens is 362 g/mol. The third kappa shape index (κ3) is 5.84. The molecule has 0 saturated heterocycles. The van der Waals surface area contributed by atoms with Crippen LogP contribution >= 0.6 is 0 Å². The van der Waals surface area contributed by atoms with Crippen LogP contribution in [0.1, 0.15) is 51.7 Å². The number of hydrogen-bond donors (Lipinski definition) is 1. The number of rotatable bonds is 6. The molecular formula is C21H27NO6. The quantitative estimate of drug-likeness (QED) is 0.349. The SMILES string of the molecule is CCc1cc(=O)oc2c(C)c(OC(=O)CCCNC(=O)OC(C)(C)C)ccc12. The highest BCUT2D eigenvalue weighted by Gasteiger charge is 2.16. The van der Waals surface area contributed by atoms with Crippen LogP contribution in [0.3, 0.4) is 0 Å². The number of carbonyl (C=O) groups excluding carboxylic acids is 2. The summed E-state index contributed by atoms with van der Waals surface area (Å²) in [6.07, 6.45) is 0.727. The van der Waals surface area contributed by atoms with E-state index in [1.807, 2.05) is 6.92 Å². The van der Waals surface area contributed by atoms with E-state index in [-0.39, 0.29) is 6.42 Å². The van der Waals surface area contributed by atoms with Crippen LogP contribution in [-0.2, 0) is 16.0 Å². The van der Waals surface area contributed by atoms with Gasteiger partial charge in [0.25, 0.3) is 0 Å². The smallest absolute Gasteiger partial charge is 0.407 e. The molecule has 7 heteroatoms. The van der Waals surface area contributed by atoms with Crippen LogP contribution in [0.5, 0.6) is 5.75 Å². The Bertz CT molecular complexity index is 923. The summed E-state index contributed by atoms with van der Waals surface area (Å²) in [5, 5.41) is 3.43. The lowest BCUT2D eigenvalue weighted by Gasteiger charge is -2.19. The van der Waals surface area contributed by atoms with Gasteiger partial charge in [0.05, 0.1) is 0 Å². The Morgan fingerprint density at radius 2 is 1.93 bits per heavy atom. The van der Waals surface area contributed by atoms with Gasteiger partial charge in [-0.15, -0.1) is 0 Å². The largest absolute Gasteiger partial charge is 0.444 e. The van der Waals surface area contributed by atoms with Gasteiger partial charge >= 0.3 is 17.7 Å². The van der Waals surface area contributed by atoms with E-state index in [2.05, 4.69) is 5.32 Å². The summed E-state index contributed by atoms with van der Waals surface area (Å²) in [4.78, 5) is 35.4. The van der Waals surface area contributed by atoms with Crippen molar-refractivity contribution in [2.75, 3.05) is 6.54 Å². The minimum absolute atomic E-state index is 0.131. The molecule has 0 fully saturated rings. The summed E-state index contributed by atoms with van der Waals surface area (Å²) < 4.78 is 15.8. The maximum atomic E-state index is 12.1. The number of amides is 1. The van der Waals surface area contributed by atoms with E-state index in [4.69, 9.17) is 13.9 Å². The number of esters is 1. The first-order valence-electron chi connectivity index (χ1n) is 9.34. The fraction of sp³-hybridized carbons (Fsp3) is 0.476. The highest BCUT2D eigenvalue weighted by Crippen LogP contribution is 2.28. The van der Waals surface area contributed by atoms with Crippen molar-refractivity contribution in [1.29, 1.82) is 0 Å². The van der Waals surface area contributed by atoms with Gasteiger partial charge in [0, 0.05) is 30.0 Å². The second-order valence-corrected chi connectivity index (χ2v) is 7.52. The van der Waals surface area contributed by atoms with Crippen molar-refractivity contribution in [3.63, 3.8) is 0 Å². The van der Waals surface area contributed by atoms with Crippen molar-refractivity contribution in [3.8, 4) is 5.75 Å². The molecule has 1 aromatic heterocycles. The van der Waals surface area contributed by atoms with Gasteiger partial charge in [-0.1, -0.05) is 6.92 Å². The summed E-state index contributed by atoms with van der Waals surface area (Å²) in [7, 11) is 0. The van der Waals surface area contributed by atoms with Crippen LogP contribution in [0.25, 0.3) is 11.0 Å². The summed E-state index contributed by atoms with van der Waals surface area (Å²) in [6.45, 7) is 9.35. The predicted octanol–water partition coefficient (Wildman–Crippen LogP) is 3.87. The molecule has 1 aromatic carbocycles. The molecule has 0 bridgehead atoms. The standard InChI is InChI=1S/C21H27NO6/c1-6-14-12-18(24)27-19-13(2)16(10-9-15(14)19)26-17(23)8-7-11-22-20(25)28-21(3,4)5/h9-10,12H,6-8,11H2,1-5H3,(H,22,25). The van der Waals surface area contributed by atoms with Gasteiger partial charge in [-0.05, 0) is 58.2 Å². The molecule has 28 heavy (non-hydrogen) atoms. The zero-order valence-electron chi connectivity index (χ0n) is 17.0. The minimum atomic E-state index is -0.566. The highest BCUT2D eigenvalue weighted by atomic mass is 16.6. The van der Waals surface area contributed by atoms with E-state index in [9.17, 15) is 14.4 Å². The Labute approximate surface area is 164 Å². The van der Waals surface area contributed by atoms with Crippen molar-refractivity contribution in [2.45, 2.75) is 59.5 Å². The average molecular weight is 389 g/mol. The lowest BCUT2D eigenvalue weighted by Crippen LogP contribution is -2.33. The third-order valence-electron chi connectivity index (χ3n) is 4.03. The van der Waals surface area contributed by atoms with E-state index in [0.717, 1.165) is 10.9 Å². The van der Waals surface area contributed by atoms with E-state index in [1.165, 1.54) is 6.07 Å². The highest BCUT2D eigenvalue weighted by molar-refractivity contribution is 5.86. The van der Waals surface area contributed by atoms with Crippen molar-refractivity contribution in [2.24, 2.45) is 0 Å². The topological polar surface area (TPSA) is 94.8 Å². The third-order valence-corrected chi connectivity index (χ3v) is 4.03. The summed E-state index contributed by atoms with van der Waals surface area (Å²) in [6, 6.07) is 4.97. The molecule has 1 heterocycles. The molecule has 0 aliphatic heterocycles. The van der Waals surface area contributed by atoms with Gasteiger partial charge in [-0.25, -0.2) is 9.59 Å².